The minimum Gasteiger partial charge on any atom is -0.508 e. The van der Waals surface area contributed by atoms with Crippen LogP contribution in [-0.4, -0.2) is 66.4 Å². The molecule has 8 nitrogen and oxygen atoms in total. The van der Waals surface area contributed by atoms with E-state index in [4.69, 9.17) is 15.0 Å². The molecular weight excluding hydrogens is 445 g/mol. The highest BCUT2D eigenvalue weighted by molar-refractivity contribution is 5.39. The van der Waals surface area contributed by atoms with Crippen molar-refractivity contribution >= 4 is 11.9 Å². The first kappa shape index (κ1) is 24.8. The van der Waals surface area contributed by atoms with E-state index in [-0.39, 0.29) is 11.6 Å². The number of aromatic hydroxyl groups is 1. The number of nitrogens with one attached hydrogen (secondary N) is 2. The summed E-state index contributed by atoms with van der Waals surface area (Å²) in [6, 6.07) is 14.0. The molecule has 9 heteroatoms. The first-order valence-corrected chi connectivity index (χ1v) is 12.2. The number of phenolic OH excluding ortho intramolecular Hbond substituents is 1. The molecule has 1 aliphatic rings. The molecule has 3 N–H and O–H groups in total. The van der Waals surface area contributed by atoms with Crippen molar-refractivity contribution in [1.82, 2.24) is 25.6 Å². The van der Waals surface area contributed by atoms with Gasteiger partial charge < -0.3 is 25.5 Å². The van der Waals surface area contributed by atoms with E-state index in [1.54, 1.807) is 12.1 Å². The predicted octanol–water partition coefficient (Wildman–Crippen LogP) is 2.53. The van der Waals surface area contributed by atoms with Gasteiger partial charge in [-0.05, 0) is 61.2 Å². The zero-order valence-electron chi connectivity index (χ0n) is 20.3. The summed E-state index contributed by atoms with van der Waals surface area (Å²) in [4.78, 5) is 18.5. The zero-order valence-corrected chi connectivity index (χ0v) is 20.3. The van der Waals surface area contributed by atoms with E-state index >= 15 is 0 Å². The van der Waals surface area contributed by atoms with Crippen molar-refractivity contribution in [2.24, 2.45) is 0 Å². The van der Waals surface area contributed by atoms with Gasteiger partial charge in [0.05, 0.1) is 6.54 Å². The molecule has 0 spiro atoms. The van der Waals surface area contributed by atoms with Crippen LogP contribution in [0.5, 0.6) is 5.75 Å². The van der Waals surface area contributed by atoms with Crippen LogP contribution in [0.3, 0.4) is 0 Å². The van der Waals surface area contributed by atoms with E-state index < -0.39 is 0 Å². The molecule has 1 aliphatic heterocycles. The highest BCUT2D eigenvalue weighted by atomic mass is 19.1. The lowest BCUT2D eigenvalue weighted by Gasteiger charge is -2.28. The van der Waals surface area contributed by atoms with Gasteiger partial charge >= 0.3 is 0 Å². The first-order chi connectivity index (χ1) is 17.1. The summed E-state index contributed by atoms with van der Waals surface area (Å²) in [7, 11) is 2.00. The topological polar surface area (TPSA) is 89.4 Å². The molecule has 0 unspecified atom stereocenters. The number of aromatic nitrogens is 3. The fourth-order valence-corrected chi connectivity index (χ4v) is 4.02. The van der Waals surface area contributed by atoms with E-state index in [1.807, 2.05) is 31.3 Å². The second kappa shape index (κ2) is 12.4. The Morgan fingerprint density at radius 2 is 1.66 bits per heavy atom. The van der Waals surface area contributed by atoms with Crippen LogP contribution in [0.1, 0.15) is 23.4 Å². The third-order valence-electron chi connectivity index (χ3n) is 6.08. The molecule has 0 saturated carbocycles. The number of anilines is 2. The number of hydrogen-bond donors (Lipinski definition) is 3. The van der Waals surface area contributed by atoms with Crippen molar-refractivity contribution in [1.29, 1.82) is 0 Å². The van der Waals surface area contributed by atoms with Gasteiger partial charge in [-0.25, -0.2) is 4.39 Å². The fraction of sp³-hybridized carbons (Fsp3) is 0.423. The van der Waals surface area contributed by atoms with E-state index in [0.29, 0.717) is 12.5 Å². The third kappa shape index (κ3) is 7.60. The fourth-order valence-electron chi connectivity index (χ4n) is 4.02. The van der Waals surface area contributed by atoms with Crippen LogP contribution in [0.25, 0.3) is 0 Å². The van der Waals surface area contributed by atoms with Crippen LogP contribution < -0.4 is 20.4 Å². The lowest BCUT2D eigenvalue weighted by atomic mass is 10.1. The normalized spacial score (nSPS) is 13.7. The monoisotopic (exact) mass is 479 g/mol. The average Bonchev–Trinajstić information content (AvgIpc) is 2.89. The largest absolute Gasteiger partial charge is 0.508 e. The van der Waals surface area contributed by atoms with Crippen LogP contribution in [0.4, 0.5) is 16.3 Å². The Labute approximate surface area is 206 Å². The Bertz CT molecular complexity index is 1060. The zero-order chi connectivity index (χ0) is 24.5. The summed E-state index contributed by atoms with van der Waals surface area (Å²) in [5.41, 5.74) is 2.28. The number of aryl methyl sites for hydroxylation is 1. The standard InChI is InChI=1S/C26H34FN7O/c1-33(16-2-3-20-4-8-22(27)9-5-20)25-30-24(31-26(32-25)34-17-14-28-15-18-34)19-29-13-12-21-6-10-23(35)11-7-21/h4-11,28-29,35H,2-3,12-19H2,1H3. The molecule has 1 fully saturated rings. The Morgan fingerprint density at radius 1 is 0.971 bits per heavy atom. The van der Waals surface area contributed by atoms with E-state index in [1.165, 1.54) is 12.1 Å². The molecule has 186 valence electrons. The molecule has 3 aromatic rings. The maximum Gasteiger partial charge on any atom is 0.230 e. The van der Waals surface area contributed by atoms with E-state index in [0.717, 1.165) is 81.4 Å². The van der Waals surface area contributed by atoms with Crippen molar-refractivity contribution in [3.05, 3.63) is 71.3 Å². The van der Waals surface area contributed by atoms with E-state index in [2.05, 4.69) is 20.4 Å². The molecule has 0 radical (unpaired) electrons. The van der Waals surface area contributed by atoms with Crippen LogP contribution >= 0.6 is 0 Å². The summed E-state index contributed by atoms with van der Waals surface area (Å²) in [5, 5.41) is 16.2. The number of benzene rings is 2. The van der Waals surface area contributed by atoms with Gasteiger partial charge in [-0.2, -0.15) is 15.0 Å². The molecule has 0 atom stereocenters. The minimum atomic E-state index is -0.208. The Kier molecular flexibility index (Phi) is 8.80. The van der Waals surface area contributed by atoms with Crippen LogP contribution in [-0.2, 0) is 19.4 Å². The molecule has 0 amide bonds. The second-order valence-corrected chi connectivity index (χ2v) is 8.83. The number of hydrogen-bond acceptors (Lipinski definition) is 8. The maximum absolute atomic E-state index is 13.1. The molecule has 2 heterocycles. The summed E-state index contributed by atoms with van der Waals surface area (Å²) in [6.07, 6.45) is 2.63. The molecule has 0 bridgehead atoms. The third-order valence-corrected chi connectivity index (χ3v) is 6.08. The summed E-state index contributed by atoms with van der Waals surface area (Å²) < 4.78 is 13.1. The lowest BCUT2D eigenvalue weighted by molar-refractivity contribution is 0.475. The number of nitrogens with zero attached hydrogens (tertiary/aromatic N) is 5. The highest BCUT2D eigenvalue weighted by Gasteiger charge is 2.17. The first-order valence-electron chi connectivity index (χ1n) is 12.2. The summed E-state index contributed by atoms with van der Waals surface area (Å²) >= 11 is 0. The Hall–Kier alpha value is -3.30. The van der Waals surface area contributed by atoms with Crippen molar-refractivity contribution < 1.29 is 9.50 Å². The predicted molar refractivity (Wildman–Crippen MR) is 136 cm³/mol. The van der Waals surface area contributed by atoms with E-state index in [9.17, 15) is 9.50 Å². The summed E-state index contributed by atoms with van der Waals surface area (Å²) in [5.74, 6) is 2.18. The van der Waals surface area contributed by atoms with Gasteiger partial charge in [0.15, 0.2) is 0 Å². The van der Waals surface area contributed by atoms with Gasteiger partial charge in [-0.3, -0.25) is 0 Å². The average molecular weight is 480 g/mol. The van der Waals surface area contributed by atoms with Crippen molar-refractivity contribution in [2.45, 2.75) is 25.8 Å². The molecule has 1 aromatic heterocycles. The molecular formula is C26H34FN7O. The van der Waals surface area contributed by atoms with Gasteiger partial charge in [0, 0.05) is 39.8 Å². The van der Waals surface area contributed by atoms with Gasteiger partial charge in [0.25, 0.3) is 0 Å². The number of phenols is 1. The molecule has 1 saturated heterocycles. The molecule has 2 aromatic carbocycles. The number of halogens is 1. The lowest BCUT2D eigenvalue weighted by Crippen LogP contribution is -2.44. The van der Waals surface area contributed by atoms with Crippen LogP contribution in [0.15, 0.2) is 48.5 Å². The van der Waals surface area contributed by atoms with Gasteiger partial charge in [0.2, 0.25) is 11.9 Å². The smallest absolute Gasteiger partial charge is 0.230 e. The molecule has 4 rings (SSSR count). The van der Waals surface area contributed by atoms with Gasteiger partial charge in [-0.15, -0.1) is 0 Å². The van der Waals surface area contributed by atoms with Crippen LogP contribution in [0, 0.1) is 5.82 Å². The van der Waals surface area contributed by atoms with Crippen molar-refractivity contribution in [3.8, 4) is 5.75 Å². The summed E-state index contributed by atoms with van der Waals surface area (Å²) in [6.45, 7) is 5.68. The molecule has 35 heavy (non-hydrogen) atoms. The van der Waals surface area contributed by atoms with Crippen molar-refractivity contribution in [2.75, 3.05) is 56.1 Å². The minimum absolute atomic E-state index is 0.208. The Morgan fingerprint density at radius 3 is 2.40 bits per heavy atom. The van der Waals surface area contributed by atoms with Crippen molar-refractivity contribution in [3.63, 3.8) is 0 Å². The second-order valence-electron chi connectivity index (χ2n) is 8.83. The molecule has 0 aliphatic carbocycles. The maximum atomic E-state index is 13.1. The van der Waals surface area contributed by atoms with Gasteiger partial charge in [0.1, 0.15) is 17.4 Å². The Balaban J connectivity index is 1.37. The quantitative estimate of drug-likeness (QED) is 0.362. The number of rotatable bonds is 11. The van der Waals surface area contributed by atoms with Gasteiger partial charge in [-0.1, -0.05) is 24.3 Å². The SMILES string of the molecule is CN(CCCc1ccc(F)cc1)c1nc(CNCCc2ccc(O)cc2)nc(N2CCNCC2)n1. The highest BCUT2D eigenvalue weighted by Crippen LogP contribution is 2.16. The van der Waals surface area contributed by atoms with Crippen LogP contribution in [0.2, 0.25) is 0 Å². The number of piperazine rings is 1.